The van der Waals surface area contributed by atoms with Gasteiger partial charge in [0.05, 0.1) is 5.92 Å². The monoisotopic (exact) mass is 252 g/mol. The smallest absolute Gasteiger partial charge is 0.221 e. The Morgan fingerprint density at radius 1 is 1.41 bits per heavy atom. The molecule has 3 nitrogen and oxygen atoms in total. The van der Waals surface area contributed by atoms with Gasteiger partial charge in [0.25, 0.3) is 0 Å². The molecular formula is C13H17ClN2O. The highest BCUT2D eigenvalue weighted by Gasteiger charge is 2.25. The van der Waals surface area contributed by atoms with E-state index >= 15 is 0 Å². The Bertz CT molecular complexity index is 391. The molecule has 1 fully saturated rings. The summed E-state index contributed by atoms with van der Waals surface area (Å²) in [7, 11) is 0. The van der Waals surface area contributed by atoms with E-state index in [1.807, 2.05) is 24.3 Å². The molecule has 0 aliphatic carbocycles. The van der Waals surface area contributed by atoms with Gasteiger partial charge in [-0.05, 0) is 37.1 Å². The molecule has 0 bridgehead atoms. The first-order chi connectivity index (χ1) is 8.15. The van der Waals surface area contributed by atoms with Crippen LogP contribution in [0.3, 0.4) is 0 Å². The third-order valence-electron chi connectivity index (χ3n) is 3.30. The summed E-state index contributed by atoms with van der Waals surface area (Å²) in [5, 5.41) is 0.767. The van der Waals surface area contributed by atoms with Crippen molar-refractivity contribution in [2.45, 2.75) is 12.8 Å². The molecule has 92 valence electrons. The molecule has 1 saturated heterocycles. The van der Waals surface area contributed by atoms with Gasteiger partial charge in [-0.1, -0.05) is 23.7 Å². The Balaban J connectivity index is 1.80. The van der Waals surface area contributed by atoms with Gasteiger partial charge in [-0.2, -0.15) is 0 Å². The lowest BCUT2D eigenvalue weighted by Crippen LogP contribution is -2.28. The van der Waals surface area contributed by atoms with Crippen molar-refractivity contribution in [1.82, 2.24) is 4.90 Å². The summed E-state index contributed by atoms with van der Waals surface area (Å²) in [6, 6.07) is 7.91. The minimum absolute atomic E-state index is 0.0419. The number of hydrogen-bond acceptors (Lipinski definition) is 2. The number of hydrogen-bond donors (Lipinski definition) is 1. The summed E-state index contributed by atoms with van der Waals surface area (Å²) < 4.78 is 0. The van der Waals surface area contributed by atoms with Crippen LogP contribution in [0, 0.1) is 5.92 Å². The van der Waals surface area contributed by atoms with E-state index < -0.39 is 0 Å². The van der Waals surface area contributed by atoms with Crippen molar-refractivity contribution in [2.75, 3.05) is 19.6 Å². The Labute approximate surface area is 107 Å². The van der Waals surface area contributed by atoms with Gasteiger partial charge in [-0.15, -0.1) is 0 Å². The number of nitrogens with two attached hydrogens (primary N) is 1. The lowest BCUT2D eigenvalue weighted by molar-refractivity contribution is -0.121. The fraction of sp³-hybridized carbons (Fsp3) is 0.462. The first kappa shape index (κ1) is 12.4. The van der Waals surface area contributed by atoms with Crippen LogP contribution in [0.2, 0.25) is 5.02 Å². The van der Waals surface area contributed by atoms with Crippen molar-refractivity contribution in [2.24, 2.45) is 11.7 Å². The van der Waals surface area contributed by atoms with Crippen LogP contribution in [-0.2, 0) is 11.2 Å². The number of primary amides is 1. The lowest BCUT2D eigenvalue weighted by atomic mass is 10.1. The van der Waals surface area contributed by atoms with Crippen LogP contribution >= 0.6 is 11.6 Å². The molecule has 0 aromatic heterocycles. The van der Waals surface area contributed by atoms with Crippen LogP contribution in [0.1, 0.15) is 12.0 Å². The Morgan fingerprint density at radius 2 is 2.12 bits per heavy atom. The summed E-state index contributed by atoms with van der Waals surface area (Å²) in [4.78, 5) is 13.3. The Hall–Kier alpha value is -1.06. The number of carbonyl (C=O) groups excluding carboxylic acids is 1. The van der Waals surface area contributed by atoms with E-state index in [1.54, 1.807) is 0 Å². The molecule has 0 unspecified atom stereocenters. The van der Waals surface area contributed by atoms with Gasteiger partial charge in [0.15, 0.2) is 0 Å². The van der Waals surface area contributed by atoms with Gasteiger partial charge in [-0.3, -0.25) is 4.79 Å². The second-order valence-corrected chi connectivity index (χ2v) is 5.00. The highest BCUT2D eigenvalue weighted by molar-refractivity contribution is 6.30. The number of benzene rings is 1. The molecule has 0 spiro atoms. The third-order valence-corrected chi connectivity index (χ3v) is 3.56. The van der Waals surface area contributed by atoms with Gasteiger partial charge in [-0.25, -0.2) is 0 Å². The fourth-order valence-electron chi connectivity index (χ4n) is 2.21. The van der Waals surface area contributed by atoms with E-state index in [-0.39, 0.29) is 11.8 Å². The average molecular weight is 253 g/mol. The van der Waals surface area contributed by atoms with Crippen LogP contribution in [0.4, 0.5) is 0 Å². The van der Waals surface area contributed by atoms with Crippen molar-refractivity contribution >= 4 is 17.5 Å². The van der Waals surface area contributed by atoms with Crippen LogP contribution in [0.5, 0.6) is 0 Å². The summed E-state index contributed by atoms with van der Waals surface area (Å²) >= 11 is 5.83. The Kier molecular flexibility index (Phi) is 4.02. The fourth-order valence-corrected chi connectivity index (χ4v) is 2.33. The van der Waals surface area contributed by atoms with Gasteiger partial charge >= 0.3 is 0 Å². The molecule has 1 aromatic rings. The third kappa shape index (κ3) is 3.45. The zero-order valence-electron chi connectivity index (χ0n) is 9.73. The molecule has 1 aromatic carbocycles. The standard InChI is InChI=1S/C13H17ClN2O/c14-12-3-1-10(2-4-12)5-7-16-8-6-11(9-16)13(15)17/h1-4,11H,5-9H2,(H2,15,17)/t11-/m1/s1. The van der Waals surface area contributed by atoms with Gasteiger partial charge in [0, 0.05) is 18.1 Å². The van der Waals surface area contributed by atoms with Crippen molar-refractivity contribution in [3.8, 4) is 0 Å². The number of carbonyl (C=O) groups is 1. The molecular weight excluding hydrogens is 236 g/mol. The number of amides is 1. The highest BCUT2D eigenvalue weighted by atomic mass is 35.5. The molecule has 2 rings (SSSR count). The van der Waals surface area contributed by atoms with E-state index in [1.165, 1.54) is 5.56 Å². The minimum atomic E-state index is -0.168. The van der Waals surface area contributed by atoms with Crippen molar-refractivity contribution in [3.05, 3.63) is 34.9 Å². The lowest BCUT2D eigenvalue weighted by Gasteiger charge is -2.15. The summed E-state index contributed by atoms with van der Waals surface area (Å²) in [5.74, 6) is -0.126. The van der Waals surface area contributed by atoms with Crippen LogP contribution in [0.25, 0.3) is 0 Å². The summed E-state index contributed by atoms with van der Waals surface area (Å²) in [5.41, 5.74) is 6.58. The topological polar surface area (TPSA) is 46.3 Å². The van der Waals surface area contributed by atoms with Gasteiger partial charge < -0.3 is 10.6 Å². The predicted molar refractivity (Wildman–Crippen MR) is 68.9 cm³/mol. The average Bonchev–Trinajstić information content (AvgIpc) is 2.77. The Morgan fingerprint density at radius 3 is 2.71 bits per heavy atom. The molecule has 1 amide bonds. The van der Waals surface area contributed by atoms with E-state index in [0.29, 0.717) is 0 Å². The number of likely N-dealkylation sites (tertiary alicyclic amines) is 1. The molecule has 0 saturated carbocycles. The van der Waals surface area contributed by atoms with E-state index in [0.717, 1.165) is 37.5 Å². The second kappa shape index (κ2) is 5.52. The maximum absolute atomic E-state index is 11.0. The quantitative estimate of drug-likeness (QED) is 0.887. The number of nitrogens with zero attached hydrogens (tertiary/aromatic N) is 1. The highest BCUT2D eigenvalue weighted by Crippen LogP contribution is 2.16. The predicted octanol–water partition coefficient (Wildman–Crippen LogP) is 1.69. The maximum atomic E-state index is 11.0. The number of rotatable bonds is 4. The van der Waals surface area contributed by atoms with Crippen molar-refractivity contribution in [1.29, 1.82) is 0 Å². The molecule has 1 aliphatic heterocycles. The minimum Gasteiger partial charge on any atom is -0.369 e. The maximum Gasteiger partial charge on any atom is 0.221 e. The van der Waals surface area contributed by atoms with Crippen LogP contribution in [-0.4, -0.2) is 30.4 Å². The molecule has 17 heavy (non-hydrogen) atoms. The summed E-state index contributed by atoms with van der Waals surface area (Å²) in [6.07, 6.45) is 1.89. The van der Waals surface area contributed by atoms with Crippen LogP contribution in [0.15, 0.2) is 24.3 Å². The first-order valence-electron chi connectivity index (χ1n) is 5.91. The summed E-state index contributed by atoms with van der Waals surface area (Å²) in [6.45, 7) is 2.76. The molecule has 4 heteroatoms. The van der Waals surface area contributed by atoms with E-state index in [2.05, 4.69) is 4.90 Å². The van der Waals surface area contributed by atoms with Crippen molar-refractivity contribution < 1.29 is 4.79 Å². The first-order valence-corrected chi connectivity index (χ1v) is 6.29. The zero-order valence-corrected chi connectivity index (χ0v) is 10.5. The van der Waals surface area contributed by atoms with E-state index in [9.17, 15) is 4.79 Å². The SMILES string of the molecule is NC(=O)[C@@H]1CCN(CCc2ccc(Cl)cc2)C1. The van der Waals surface area contributed by atoms with Crippen molar-refractivity contribution in [3.63, 3.8) is 0 Å². The number of halogens is 1. The van der Waals surface area contributed by atoms with Crippen LogP contribution < -0.4 is 5.73 Å². The molecule has 1 atom stereocenters. The zero-order chi connectivity index (χ0) is 12.3. The molecule has 1 heterocycles. The molecule has 0 radical (unpaired) electrons. The van der Waals surface area contributed by atoms with E-state index in [4.69, 9.17) is 17.3 Å². The second-order valence-electron chi connectivity index (χ2n) is 4.57. The largest absolute Gasteiger partial charge is 0.369 e. The van der Waals surface area contributed by atoms with Gasteiger partial charge in [0.2, 0.25) is 5.91 Å². The molecule has 1 aliphatic rings. The van der Waals surface area contributed by atoms with Gasteiger partial charge in [0.1, 0.15) is 0 Å². The normalized spacial score (nSPS) is 20.6. The molecule has 2 N–H and O–H groups in total.